The number of nitriles is 1. The van der Waals surface area contributed by atoms with Crippen molar-refractivity contribution in [2.45, 2.75) is 6.92 Å². The van der Waals surface area contributed by atoms with Gasteiger partial charge in [-0.25, -0.2) is 0 Å². The molecule has 0 aromatic heterocycles. The van der Waals surface area contributed by atoms with Crippen LogP contribution in [0.1, 0.15) is 22.8 Å². The summed E-state index contributed by atoms with van der Waals surface area (Å²) < 4.78 is 5.64. The van der Waals surface area contributed by atoms with E-state index in [0.717, 1.165) is 0 Å². The van der Waals surface area contributed by atoms with Crippen molar-refractivity contribution >= 4 is 29.0 Å². The quantitative estimate of drug-likeness (QED) is 0.761. The van der Waals surface area contributed by atoms with E-state index in [9.17, 15) is 4.79 Å². The molecule has 2 rings (SSSR count). The fraction of sp³-hybridized carbons (Fsp3) is 0.0667. The van der Waals surface area contributed by atoms with Gasteiger partial charge in [0.25, 0.3) is 0 Å². The Morgan fingerprint density at radius 2 is 1.95 bits per heavy atom. The molecule has 2 aromatic rings. The molecule has 20 heavy (non-hydrogen) atoms. The first kappa shape index (κ1) is 14.4. The van der Waals surface area contributed by atoms with Crippen LogP contribution in [0.25, 0.3) is 0 Å². The van der Waals surface area contributed by atoms with E-state index in [0.29, 0.717) is 21.9 Å². The monoisotopic (exact) mass is 305 g/mol. The molecule has 0 radical (unpaired) electrons. The normalized spacial score (nSPS) is 9.90. The molecule has 0 unspecified atom stereocenters. The van der Waals surface area contributed by atoms with Gasteiger partial charge in [-0.15, -0.1) is 0 Å². The number of Topliss-reactive ketones (excluding diaryl/α,β-unsaturated/α-hetero) is 1. The van der Waals surface area contributed by atoms with Gasteiger partial charge >= 0.3 is 0 Å². The van der Waals surface area contributed by atoms with Crippen LogP contribution in [0.4, 0.5) is 0 Å². The molecule has 2 aromatic carbocycles. The zero-order valence-electron chi connectivity index (χ0n) is 10.5. The SMILES string of the molecule is CC(=O)c1ccc(C#N)cc1Oc1cccc(Cl)c1Cl. The zero-order chi connectivity index (χ0) is 14.7. The Morgan fingerprint density at radius 1 is 1.20 bits per heavy atom. The number of nitrogens with zero attached hydrogens (tertiary/aromatic N) is 1. The van der Waals surface area contributed by atoms with Gasteiger partial charge in [-0.2, -0.15) is 5.26 Å². The molecule has 3 nitrogen and oxygen atoms in total. The third-order valence-electron chi connectivity index (χ3n) is 2.63. The van der Waals surface area contributed by atoms with Crippen LogP contribution < -0.4 is 4.74 Å². The minimum atomic E-state index is -0.164. The molecule has 100 valence electrons. The van der Waals surface area contributed by atoms with Crippen molar-refractivity contribution in [1.82, 2.24) is 0 Å². The van der Waals surface area contributed by atoms with Crippen LogP contribution in [0.2, 0.25) is 10.0 Å². The molecule has 0 fully saturated rings. The average molecular weight is 306 g/mol. The number of hydrogen-bond donors (Lipinski definition) is 0. The van der Waals surface area contributed by atoms with Crippen molar-refractivity contribution in [3.63, 3.8) is 0 Å². The Bertz CT molecular complexity index is 720. The summed E-state index contributed by atoms with van der Waals surface area (Å²) >= 11 is 12.0. The minimum absolute atomic E-state index is 0.164. The molecule has 0 aliphatic carbocycles. The largest absolute Gasteiger partial charge is 0.455 e. The Hall–Kier alpha value is -2.02. The second-order valence-electron chi connectivity index (χ2n) is 4.03. The first-order valence-electron chi connectivity index (χ1n) is 5.70. The molecule has 0 saturated carbocycles. The van der Waals surface area contributed by atoms with Crippen LogP contribution in [-0.4, -0.2) is 5.78 Å². The van der Waals surface area contributed by atoms with Crippen molar-refractivity contribution in [3.05, 3.63) is 57.6 Å². The van der Waals surface area contributed by atoms with E-state index in [4.69, 9.17) is 33.2 Å². The van der Waals surface area contributed by atoms with Crippen LogP contribution in [0, 0.1) is 11.3 Å². The van der Waals surface area contributed by atoms with Gasteiger partial charge in [-0.3, -0.25) is 4.79 Å². The number of ether oxygens (including phenoxy) is 1. The van der Waals surface area contributed by atoms with Gasteiger partial charge in [0.05, 0.1) is 22.2 Å². The Labute approximate surface area is 126 Å². The van der Waals surface area contributed by atoms with E-state index in [2.05, 4.69) is 0 Å². The van der Waals surface area contributed by atoms with Crippen LogP contribution in [0.15, 0.2) is 36.4 Å². The van der Waals surface area contributed by atoms with Crippen LogP contribution in [0.5, 0.6) is 11.5 Å². The Morgan fingerprint density at radius 3 is 2.60 bits per heavy atom. The molecular weight excluding hydrogens is 297 g/mol. The highest BCUT2D eigenvalue weighted by molar-refractivity contribution is 6.42. The summed E-state index contributed by atoms with van der Waals surface area (Å²) in [7, 11) is 0. The Kier molecular flexibility index (Phi) is 4.29. The molecular formula is C15H9Cl2NO2. The van der Waals surface area contributed by atoms with Crippen molar-refractivity contribution < 1.29 is 9.53 Å². The van der Waals surface area contributed by atoms with Crippen LogP contribution in [-0.2, 0) is 0 Å². The van der Waals surface area contributed by atoms with Crippen LogP contribution in [0.3, 0.4) is 0 Å². The third kappa shape index (κ3) is 2.93. The van der Waals surface area contributed by atoms with Gasteiger partial charge in [0.1, 0.15) is 16.5 Å². The molecule has 0 spiro atoms. The first-order chi connectivity index (χ1) is 9.52. The molecule has 5 heteroatoms. The van der Waals surface area contributed by atoms with Crippen molar-refractivity contribution in [1.29, 1.82) is 5.26 Å². The number of ketones is 1. The molecule has 0 amide bonds. The maximum Gasteiger partial charge on any atom is 0.163 e. The number of halogens is 2. The second kappa shape index (κ2) is 5.96. The smallest absolute Gasteiger partial charge is 0.163 e. The van der Waals surface area contributed by atoms with Gasteiger partial charge in [-0.05, 0) is 37.3 Å². The highest BCUT2D eigenvalue weighted by Gasteiger charge is 2.13. The van der Waals surface area contributed by atoms with E-state index >= 15 is 0 Å². The summed E-state index contributed by atoms with van der Waals surface area (Å²) in [5.74, 6) is 0.445. The first-order valence-corrected chi connectivity index (χ1v) is 6.45. The van der Waals surface area contributed by atoms with Gasteiger partial charge in [0, 0.05) is 0 Å². The topological polar surface area (TPSA) is 50.1 Å². The molecule has 0 aliphatic rings. The predicted octanol–water partition coefficient (Wildman–Crippen LogP) is 4.86. The lowest BCUT2D eigenvalue weighted by molar-refractivity contribution is 0.101. The van der Waals surface area contributed by atoms with Gasteiger partial charge in [0.2, 0.25) is 0 Å². The molecule has 0 saturated heterocycles. The lowest BCUT2D eigenvalue weighted by Gasteiger charge is -2.11. The maximum absolute atomic E-state index is 11.6. The lowest BCUT2D eigenvalue weighted by atomic mass is 10.1. The highest BCUT2D eigenvalue weighted by atomic mass is 35.5. The molecule has 0 bridgehead atoms. The van der Waals surface area contributed by atoms with E-state index in [-0.39, 0.29) is 16.6 Å². The molecule has 0 aliphatic heterocycles. The second-order valence-corrected chi connectivity index (χ2v) is 4.82. The minimum Gasteiger partial charge on any atom is -0.455 e. The van der Waals surface area contributed by atoms with Crippen molar-refractivity contribution in [2.24, 2.45) is 0 Å². The fourth-order valence-electron chi connectivity index (χ4n) is 1.65. The van der Waals surface area contributed by atoms with E-state index in [1.807, 2.05) is 6.07 Å². The maximum atomic E-state index is 11.6. The van der Waals surface area contributed by atoms with Crippen molar-refractivity contribution in [3.8, 4) is 17.6 Å². The van der Waals surface area contributed by atoms with Gasteiger partial charge in [-0.1, -0.05) is 29.3 Å². The highest BCUT2D eigenvalue weighted by Crippen LogP contribution is 2.36. The summed E-state index contributed by atoms with van der Waals surface area (Å²) in [4.78, 5) is 11.6. The van der Waals surface area contributed by atoms with E-state index in [1.165, 1.54) is 13.0 Å². The summed E-state index contributed by atoms with van der Waals surface area (Å²) in [6, 6.07) is 11.6. The molecule has 0 atom stereocenters. The Balaban J connectivity index is 2.49. The fourth-order valence-corrected chi connectivity index (χ4v) is 1.98. The van der Waals surface area contributed by atoms with Crippen molar-refractivity contribution in [2.75, 3.05) is 0 Å². The van der Waals surface area contributed by atoms with E-state index < -0.39 is 0 Å². The summed E-state index contributed by atoms with van der Waals surface area (Å²) in [6.45, 7) is 1.42. The standard InChI is InChI=1S/C15H9Cl2NO2/c1-9(19)11-6-5-10(8-18)7-14(11)20-13-4-2-3-12(16)15(13)17/h2-7H,1H3. The molecule has 0 heterocycles. The third-order valence-corrected chi connectivity index (χ3v) is 3.43. The number of carbonyl (C=O) groups excluding carboxylic acids is 1. The van der Waals surface area contributed by atoms with Gasteiger partial charge in [0.15, 0.2) is 5.78 Å². The number of hydrogen-bond acceptors (Lipinski definition) is 3. The summed E-state index contributed by atoms with van der Waals surface area (Å²) in [5.41, 5.74) is 0.767. The summed E-state index contributed by atoms with van der Waals surface area (Å²) in [6.07, 6.45) is 0. The lowest BCUT2D eigenvalue weighted by Crippen LogP contribution is -1.98. The molecule has 0 N–H and O–H groups in total. The average Bonchev–Trinajstić information content (AvgIpc) is 2.43. The summed E-state index contributed by atoms with van der Waals surface area (Å²) in [5, 5.41) is 9.53. The number of rotatable bonds is 3. The zero-order valence-corrected chi connectivity index (χ0v) is 12.0. The number of benzene rings is 2. The van der Waals surface area contributed by atoms with Crippen LogP contribution >= 0.6 is 23.2 Å². The number of carbonyl (C=O) groups is 1. The van der Waals surface area contributed by atoms with Gasteiger partial charge < -0.3 is 4.74 Å². The van der Waals surface area contributed by atoms with E-state index in [1.54, 1.807) is 30.3 Å². The predicted molar refractivity (Wildman–Crippen MR) is 77.7 cm³/mol.